The van der Waals surface area contributed by atoms with Gasteiger partial charge in [-0.05, 0) is 36.8 Å². The fourth-order valence-electron chi connectivity index (χ4n) is 3.08. The highest BCUT2D eigenvalue weighted by molar-refractivity contribution is 5.93. The molecule has 0 spiro atoms. The molecule has 0 unspecified atom stereocenters. The van der Waals surface area contributed by atoms with Crippen molar-refractivity contribution in [3.8, 4) is 17.1 Å². The molecular formula is C21H17F2N5O2. The Morgan fingerprint density at radius 3 is 2.47 bits per heavy atom. The lowest BCUT2D eigenvalue weighted by molar-refractivity contribution is -0.0498. The van der Waals surface area contributed by atoms with Crippen molar-refractivity contribution >= 4 is 11.6 Å². The number of rotatable bonds is 6. The zero-order valence-corrected chi connectivity index (χ0v) is 15.9. The van der Waals surface area contributed by atoms with E-state index in [9.17, 15) is 13.6 Å². The number of nitrogens with zero attached hydrogens (tertiary/aromatic N) is 4. The van der Waals surface area contributed by atoms with Gasteiger partial charge in [0.1, 0.15) is 11.4 Å². The van der Waals surface area contributed by atoms with E-state index >= 15 is 0 Å². The maximum Gasteiger partial charge on any atom is 0.387 e. The Balaban J connectivity index is 1.66. The quantitative estimate of drug-likeness (QED) is 0.523. The molecule has 0 bridgehead atoms. The summed E-state index contributed by atoms with van der Waals surface area (Å²) in [5.41, 5.74) is 2.19. The van der Waals surface area contributed by atoms with E-state index in [1.54, 1.807) is 16.5 Å². The summed E-state index contributed by atoms with van der Waals surface area (Å²) in [7, 11) is 0. The molecule has 1 amide bonds. The number of hydrogen-bond donors (Lipinski definition) is 1. The van der Waals surface area contributed by atoms with Gasteiger partial charge in [-0.3, -0.25) is 14.2 Å². The van der Waals surface area contributed by atoms with E-state index in [1.165, 1.54) is 24.5 Å². The van der Waals surface area contributed by atoms with E-state index in [4.69, 9.17) is 0 Å². The van der Waals surface area contributed by atoms with Gasteiger partial charge in [0.2, 0.25) is 0 Å². The van der Waals surface area contributed by atoms with Crippen molar-refractivity contribution in [3.05, 3.63) is 78.2 Å². The van der Waals surface area contributed by atoms with Crippen LogP contribution in [0.2, 0.25) is 0 Å². The van der Waals surface area contributed by atoms with Gasteiger partial charge >= 0.3 is 6.61 Å². The average molecular weight is 409 g/mol. The maximum atomic E-state index is 13.0. The highest BCUT2D eigenvalue weighted by Gasteiger charge is 2.19. The lowest BCUT2D eigenvalue weighted by Gasteiger charge is -2.15. The molecule has 0 aliphatic carbocycles. The smallest absolute Gasteiger partial charge is 0.387 e. The number of halogens is 2. The van der Waals surface area contributed by atoms with Gasteiger partial charge in [-0.1, -0.05) is 30.3 Å². The van der Waals surface area contributed by atoms with Crippen LogP contribution in [0, 0.1) is 0 Å². The summed E-state index contributed by atoms with van der Waals surface area (Å²) in [6.07, 6.45) is 2.92. The highest BCUT2D eigenvalue weighted by atomic mass is 19.3. The normalized spacial score (nSPS) is 12.1. The second-order valence-corrected chi connectivity index (χ2v) is 6.52. The number of benzene rings is 2. The number of aromatic nitrogens is 4. The maximum absolute atomic E-state index is 13.0. The molecule has 0 fully saturated rings. The highest BCUT2D eigenvalue weighted by Crippen LogP contribution is 2.24. The Hall–Kier alpha value is -3.88. The van der Waals surface area contributed by atoms with Crippen molar-refractivity contribution in [1.29, 1.82) is 0 Å². The Morgan fingerprint density at radius 2 is 1.77 bits per heavy atom. The van der Waals surface area contributed by atoms with Gasteiger partial charge in [-0.15, -0.1) is 10.2 Å². The number of carbonyl (C=O) groups is 1. The predicted octanol–water partition coefficient (Wildman–Crippen LogP) is 3.88. The molecule has 30 heavy (non-hydrogen) atoms. The number of carbonyl (C=O) groups excluding carboxylic acids is 1. The number of fused-ring (bicyclic) bond motifs is 1. The zero-order valence-electron chi connectivity index (χ0n) is 15.9. The van der Waals surface area contributed by atoms with E-state index < -0.39 is 6.61 Å². The predicted molar refractivity (Wildman–Crippen MR) is 105 cm³/mol. The fraction of sp³-hybridized carbons (Fsp3) is 0.143. The Kier molecular flexibility index (Phi) is 5.34. The van der Waals surface area contributed by atoms with E-state index in [2.05, 4.69) is 25.2 Å². The summed E-state index contributed by atoms with van der Waals surface area (Å²) in [6, 6.07) is 15.3. The second-order valence-electron chi connectivity index (χ2n) is 6.52. The van der Waals surface area contributed by atoms with Gasteiger partial charge in [-0.25, -0.2) is 0 Å². The average Bonchev–Trinajstić information content (AvgIpc) is 3.18. The van der Waals surface area contributed by atoms with Crippen LogP contribution >= 0.6 is 0 Å². The lowest BCUT2D eigenvalue weighted by atomic mass is 10.1. The second kappa shape index (κ2) is 8.24. The summed E-state index contributed by atoms with van der Waals surface area (Å²) >= 11 is 0. The first-order valence-corrected chi connectivity index (χ1v) is 9.13. The van der Waals surface area contributed by atoms with E-state index in [0.717, 1.165) is 5.56 Å². The van der Waals surface area contributed by atoms with Crippen molar-refractivity contribution in [2.45, 2.75) is 19.6 Å². The monoisotopic (exact) mass is 409 g/mol. The lowest BCUT2D eigenvalue weighted by Crippen LogP contribution is -2.28. The third-order valence-corrected chi connectivity index (χ3v) is 4.53. The van der Waals surface area contributed by atoms with Crippen LogP contribution in [0.4, 0.5) is 8.78 Å². The molecule has 2 heterocycles. The largest absolute Gasteiger partial charge is 0.435 e. The summed E-state index contributed by atoms with van der Waals surface area (Å²) in [5, 5.41) is 11.2. The first-order chi connectivity index (χ1) is 14.5. The van der Waals surface area contributed by atoms with Crippen LogP contribution in [-0.4, -0.2) is 32.1 Å². The third-order valence-electron chi connectivity index (χ3n) is 4.53. The van der Waals surface area contributed by atoms with Crippen LogP contribution in [0.25, 0.3) is 17.0 Å². The van der Waals surface area contributed by atoms with Crippen LogP contribution in [0.3, 0.4) is 0 Å². The molecule has 0 saturated heterocycles. The summed E-state index contributed by atoms with van der Waals surface area (Å²) < 4.78 is 30.7. The number of amides is 1. The Bertz CT molecular complexity index is 1160. The third kappa shape index (κ3) is 3.95. The van der Waals surface area contributed by atoms with Gasteiger partial charge < -0.3 is 10.1 Å². The topological polar surface area (TPSA) is 81.4 Å². The number of nitrogens with one attached hydrogen (secondary N) is 1. The van der Waals surface area contributed by atoms with E-state index in [0.29, 0.717) is 17.0 Å². The van der Waals surface area contributed by atoms with Crippen LogP contribution in [-0.2, 0) is 0 Å². The van der Waals surface area contributed by atoms with Crippen molar-refractivity contribution in [2.75, 3.05) is 0 Å². The van der Waals surface area contributed by atoms with Crippen LogP contribution in [0.1, 0.15) is 29.0 Å². The molecule has 4 aromatic rings. The molecule has 4 rings (SSSR count). The molecule has 2 aromatic heterocycles. The van der Waals surface area contributed by atoms with E-state index in [-0.39, 0.29) is 23.4 Å². The fourth-order valence-corrected chi connectivity index (χ4v) is 3.08. The molecule has 152 valence electrons. The summed E-state index contributed by atoms with van der Waals surface area (Å²) in [4.78, 5) is 17.0. The molecule has 2 aromatic carbocycles. The van der Waals surface area contributed by atoms with Crippen molar-refractivity contribution in [3.63, 3.8) is 0 Å². The molecule has 0 saturated carbocycles. The van der Waals surface area contributed by atoms with Crippen LogP contribution in [0.5, 0.6) is 5.75 Å². The molecule has 7 nitrogen and oxygen atoms in total. The minimum Gasteiger partial charge on any atom is -0.435 e. The van der Waals surface area contributed by atoms with Crippen molar-refractivity contribution < 1.29 is 18.3 Å². The van der Waals surface area contributed by atoms with Crippen molar-refractivity contribution in [1.82, 2.24) is 24.9 Å². The van der Waals surface area contributed by atoms with E-state index in [1.807, 2.05) is 37.3 Å². The molecule has 0 aliphatic heterocycles. The summed E-state index contributed by atoms with van der Waals surface area (Å²) in [5.74, 6) is 0.0653. The van der Waals surface area contributed by atoms with Gasteiger partial charge in [0.15, 0.2) is 11.5 Å². The standard InChI is InChI=1S/C21H17F2N5O2/c1-13(14-5-3-2-4-6-14)25-20(29)17-11-24-12-18-26-27-19(28(17)18)15-7-9-16(10-8-15)30-21(22)23/h2-13,21H,1H3,(H,25,29)/t13-/m0/s1. The van der Waals surface area contributed by atoms with Gasteiger partial charge in [-0.2, -0.15) is 8.78 Å². The Labute approximate surface area is 170 Å². The van der Waals surface area contributed by atoms with Crippen molar-refractivity contribution in [2.24, 2.45) is 0 Å². The zero-order chi connectivity index (χ0) is 21.1. The van der Waals surface area contributed by atoms with Gasteiger partial charge in [0, 0.05) is 5.56 Å². The van der Waals surface area contributed by atoms with Gasteiger partial charge in [0.25, 0.3) is 5.91 Å². The SMILES string of the molecule is C[C@H](NC(=O)c1cncc2nnc(-c3ccc(OC(F)F)cc3)n12)c1ccccc1. The van der Waals surface area contributed by atoms with Gasteiger partial charge in [0.05, 0.1) is 18.4 Å². The summed E-state index contributed by atoms with van der Waals surface area (Å²) in [6.45, 7) is -1.02. The first-order valence-electron chi connectivity index (χ1n) is 9.13. The molecule has 1 atom stereocenters. The number of ether oxygens (including phenoxy) is 1. The number of alkyl halides is 2. The molecule has 0 aliphatic rings. The number of hydrogen-bond acceptors (Lipinski definition) is 5. The molecular weight excluding hydrogens is 392 g/mol. The van der Waals surface area contributed by atoms with Crippen LogP contribution < -0.4 is 10.1 Å². The van der Waals surface area contributed by atoms with Crippen LogP contribution in [0.15, 0.2) is 67.0 Å². The Morgan fingerprint density at radius 1 is 1.03 bits per heavy atom. The molecule has 9 heteroatoms. The molecule has 1 N–H and O–H groups in total. The first kappa shape index (κ1) is 19.4. The molecule has 0 radical (unpaired) electrons. The minimum absolute atomic E-state index is 0.0267. The minimum atomic E-state index is -2.90.